The molecule has 118 valence electrons. The van der Waals surface area contributed by atoms with E-state index in [0.717, 1.165) is 5.01 Å². The van der Waals surface area contributed by atoms with Crippen molar-refractivity contribution < 1.29 is 14.7 Å². The molecule has 0 bridgehead atoms. The van der Waals surface area contributed by atoms with E-state index in [0.29, 0.717) is 10.6 Å². The molecule has 0 aliphatic rings. The normalized spacial score (nSPS) is 11.7. The Labute approximate surface area is 132 Å². The van der Waals surface area contributed by atoms with Gasteiger partial charge >= 0.3 is 5.97 Å². The molecule has 0 saturated carbocycles. The molecule has 22 heavy (non-hydrogen) atoms. The largest absolute Gasteiger partial charge is 0.479 e. The van der Waals surface area contributed by atoms with Crippen molar-refractivity contribution >= 4 is 28.9 Å². The van der Waals surface area contributed by atoms with Gasteiger partial charge in [0, 0.05) is 12.1 Å². The number of nitrogens with zero attached hydrogens (tertiary/aromatic N) is 3. The number of carboxylic acids is 1. The van der Waals surface area contributed by atoms with Crippen LogP contribution in [0.1, 0.15) is 48.3 Å². The highest BCUT2D eigenvalue weighted by molar-refractivity contribution is 7.13. The van der Waals surface area contributed by atoms with Crippen LogP contribution >= 0.6 is 11.3 Å². The summed E-state index contributed by atoms with van der Waals surface area (Å²) in [6.07, 6.45) is 4.46. The number of nitrogens with one attached hydrogen (secondary N) is 1. The minimum absolute atomic E-state index is 0.269. The highest BCUT2D eigenvalue weighted by Crippen LogP contribution is 2.22. The standard InChI is InChI=1S/C14H18N4O3S/c1-8(2)12-15-6-10(22-12)11(19)17-9-5-16-18(7-9)14(3,4)13(20)21/h5-8H,1-4H3,(H,17,19)(H,20,21). The van der Waals surface area contributed by atoms with Gasteiger partial charge in [0.05, 0.1) is 23.1 Å². The van der Waals surface area contributed by atoms with Crippen molar-refractivity contribution in [2.45, 2.75) is 39.2 Å². The molecular weight excluding hydrogens is 304 g/mol. The Kier molecular flexibility index (Phi) is 4.32. The smallest absolute Gasteiger partial charge is 0.331 e. The van der Waals surface area contributed by atoms with Crippen LogP contribution < -0.4 is 5.32 Å². The van der Waals surface area contributed by atoms with Gasteiger partial charge in [-0.25, -0.2) is 9.78 Å². The summed E-state index contributed by atoms with van der Waals surface area (Å²) in [4.78, 5) is 28.0. The van der Waals surface area contributed by atoms with Crippen LogP contribution in [0.2, 0.25) is 0 Å². The van der Waals surface area contributed by atoms with Crippen LogP contribution in [0.4, 0.5) is 5.69 Å². The molecule has 2 heterocycles. The van der Waals surface area contributed by atoms with Crippen LogP contribution in [0.5, 0.6) is 0 Å². The maximum atomic E-state index is 12.1. The quantitative estimate of drug-likeness (QED) is 0.881. The second kappa shape index (κ2) is 5.88. The summed E-state index contributed by atoms with van der Waals surface area (Å²) < 4.78 is 1.30. The zero-order valence-corrected chi connectivity index (χ0v) is 13.6. The molecule has 0 unspecified atom stereocenters. The van der Waals surface area contributed by atoms with E-state index in [-0.39, 0.29) is 11.8 Å². The molecule has 0 saturated heterocycles. The van der Waals surface area contributed by atoms with Crippen molar-refractivity contribution in [1.29, 1.82) is 0 Å². The van der Waals surface area contributed by atoms with Crippen LogP contribution in [0.25, 0.3) is 0 Å². The number of carbonyl (C=O) groups is 2. The fraction of sp³-hybridized carbons (Fsp3) is 0.429. The van der Waals surface area contributed by atoms with Crippen molar-refractivity contribution in [3.8, 4) is 0 Å². The summed E-state index contributed by atoms with van der Waals surface area (Å²) in [5, 5.41) is 16.8. The van der Waals surface area contributed by atoms with Gasteiger partial charge in [-0.3, -0.25) is 9.48 Å². The fourth-order valence-electron chi connectivity index (χ4n) is 1.64. The molecule has 1 amide bonds. The highest BCUT2D eigenvalue weighted by atomic mass is 32.1. The van der Waals surface area contributed by atoms with E-state index in [4.69, 9.17) is 5.11 Å². The van der Waals surface area contributed by atoms with Crippen molar-refractivity contribution in [3.63, 3.8) is 0 Å². The molecule has 7 nitrogen and oxygen atoms in total. The molecule has 0 aliphatic carbocycles. The lowest BCUT2D eigenvalue weighted by Gasteiger charge is -2.19. The van der Waals surface area contributed by atoms with Gasteiger partial charge in [0.1, 0.15) is 4.88 Å². The number of thiazole rings is 1. The maximum Gasteiger partial charge on any atom is 0.331 e. The number of aliphatic carboxylic acids is 1. The van der Waals surface area contributed by atoms with E-state index < -0.39 is 11.5 Å². The predicted molar refractivity (Wildman–Crippen MR) is 83.3 cm³/mol. The molecule has 2 N–H and O–H groups in total. The summed E-state index contributed by atoms with van der Waals surface area (Å²) in [7, 11) is 0. The van der Waals surface area contributed by atoms with Crippen LogP contribution in [0, 0.1) is 0 Å². The monoisotopic (exact) mass is 322 g/mol. The first-order chi connectivity index (χ1) is 10.2. The predicted octanol–water partition coefficient (Wildman–Crippen LogP) is 2.54. The summed E-state index contributed by atoms with van der Waals surface area (Å²) in [5.41, 5.74) is -0.739. The number of hydrogen-bond donors (Lipinski definition) is 2. The number of carboxylic acid groups (broad SMARTS) is 1. The Morgan fingerprint density at radius 1 is 1.36 bits per heavy atom. The molecule has 0 aromatic carbocycles. The fourth-order valence-corrected chi connectivity index (χ4v) is 2.46. The van der Waals surface area contributed by atoms with Crippen LogP contribution in [-0.4, -0.2) is 31.7 Å². The van der Waals surface area contributed by atoms with Crippen LogP contribution in [0.15, 0.2) is 18.6 Å². The highest BCUT2D eigenvalue weighted by Gasteiger charge is 2.30. The van der Waals surface area contributed by atoms with Crippen LogP contribution in [0.3, 0.4) is 0 Å². The number of carbonyl (C=O) groups excluding carboxylic acids is 1. The number of hydrogen-bond acceptors (Lipinski definition) is 5. The SMILES string of the molecule is CC(C)c1ncc(C(=O)Nc2cnn(C(C)(C)C(=O)O)c2)s1. The molecule has 0 radical (unpaired) electrons. The maximum absolute atomic E-state index is 12.1. The van der Waals surface area contributed by atoms with Gasteiger partial charge in [0.15, 0.2) is 5.54 Å². The van der Waals surface area contributed by atoms with Gasteiger partial charge < -0.3 is 10.4 Å². The summed E-state index contributed by atoms with van der Waals surface area (Å²) in [5.74, 6) is -1.01. The third kappa shape index (κ3) is 3.16. The van der Waals surface area contributed by atoms with Crippen molar-refractivity contribution in [3.05, 3.63) is 28.5 Å². The van der Waals surface area contributed by atoms with Gasteiger partial charge in [-0.05, 0) is 13.8 Å². The minimum atomic E-state index is -1.18. The molecule has 2 rings (SSSR count). The van der Waals surface area contributed by atoms with Crippen molar-refractivity contribution in [2.75, 3.05) is 5.32 Å². The Hall–Kier alpha value is -2.22. The van der Waals surface area contributed by atoms with Gasteiger partial charge in [-0.15, -0.1) is 11.3 Å². The zero-order valence-electron chi connectivity index (χ0n) is 12.8. The third-order valence-corrected chi connectivity index (χ3v) is 4.47. The van der Waals surface area contributed by atoms with Crippen LogP contribution in [-0.2, 0) is 10.3 Å². The Morgan fingerprint density at radius 3 is 2.59 bits per heavy atom. The number of aromatic nitrogens is 3. The first-order valence-corrected chi connectivity index (χ1v) is 7.59. The van der Waals surface area contributed by atoms with Gasteiger partial charge in [0.25, 0.3) is 5.91 Å². The Balaban J connectivity index is 2.12. The Bertz CT molecular complexity index is 703. The lowest BCUT2D eigenvalue weighted by Crippen LogP contribution is -2.35. The molecule has 8 heteroatoms. The average Bonchev–Trinajstić information content (AvgIpc) is 3.07. The second-order valence-corrected chi connectivity index (χ2v) is 6.77. The molecule has 2 aromatic rings. The van der Waals surface area contributed by atoms with E-state index in [9.17, 15) is 9.59 Å². The average molecular weight is 322 g/mol. The molecule has 0 spiro atoms. The van der Waals surface area contributed by atoms with Crippen molar-refractivity contribution in [1.82, 2.24) is 14.8 Å². The van der Waals surface area contributed by atoms with E-state index in [1.807, 2.05) is 13.8 Å². The molecule has 0 aliphatic heterocycles. The summed E-state index contributed by atoms with van der Waals surface area (Å²) >= 11 is 1.34. The summed E-state index contributed by atoms with van der Waals surface area (Å²) in [6, 6.07) is 0. The van der Waals surface area contributed by atoms with E-state index in [2.05, 4.69) is 15.4 Å². The zero-order chi connectivity index (χ0) is 16.5. The Morgan fingerprint density at radius 2 is 2.05 bits per heavy atom. The number of amides is 1. The first kappa shape index (κ1) is 16.2. The lowest BCUT2D eigenvalue weighted by molar-refractivity contribution is -0.146. The lowest BCUT2D eigenvalue weighted by atomic mass is 10.1. The van der Waals surface area contributed by atoms with Gasteiger partial charge in [-0.1, -0.05) is 13.8 Å². The minimum Gasteiger partial charge on any atom is -0.479 e. The van der Waals surface area contributed by atoms with Crippen molar-refractivity contribution in [2.24, 2.45) is 0 Å². The molecular formula is C14H18N4O3S. The number of anilines is 1. The van der Waals surface area contributed by atoms with E-state index in [1.165, 1.54) is 42.3 Å². The molecule has 2 aromatic heterocycles. The van der Waals surface area contributed by atoms with E-state index >= 15 is 0 Å². The molecule has 0 fully saturated rings. The molecule has 0 atom stereocenters. The second-order valence-electron chi connectivity index (χ2n) is 5.71. The first-order valence-electron chi connectivity index (χ1n) is 6.77. The topological polar surface area (TPSA) is 97.1 Å². The van der Waals surface area contributed by atoms with Gasteiger partial charge in [-0.2, -0.15) is 5.10 Å². The summed E-state index contributed by atoms with van der Waals surface area (Å²) in [6.45, 7) is 7.09. The van der Waals surface area contributed by atoms with Gasteiger partial charge in [0.2, 0.25) is 0 Å². The third-order valence-electron chi connectivity index (χ3n) is 3.18. The number of rotatable bonds is 5. The van der Waals surface area contributed by atoms with E-state index in [1.54, 1.807) is 6.20 Å².